The topological polar surface area (TPSA) is 32.6 Å². The van der Waals surface area contributed by atoms with Crippen LogP contribution in [0.15, 0.2) is 47.5 Å². The van der Waals surface area contributed by atoms with E-state index in [2.05, 4.69) is 4.99 Å². The van der Waals surface area contributed by atoms with Gasteiger partial charge in [-0.25, -0.2) is 8.78 Å². The molecule has 2 rings (SSSR count). The molecular weight excluding hydrogens is 236 g/mol. The SMILES string of the molecule is Oc1ccccc1C=NCc1ccc(F)cc1F. The van der Waals surface area contributed by atoms with Gasteiger partial charge in [0.2, 0.25) is 0 Å². The van der Waals surface area contributed by atoms with Gasteiger partial charge in [-0.15, -0.1) is 0 Å². The molecule has 18 heavy (non-hydrogen) atoms. The van der Waals surface area contributed by atoms with Gasteiger partial charge in [0.05, 0.1) is 6.54 Å². The Kier molecular flexibility index (Phi) is 3.67. The summed E-state index contributed by atoms with van der Waals surface area (Å²) >= 11 is 0. The number of nitrogens with zero attached hydrogens (tertiary/aromatic N) is 1. The Hall–Kier alpha value is -2.23. The van der Waals surface area contributed by atoms with Gasteiger partial charge in [-0.2, -0.15) is 0 Å². The molecule has 0 amide bonds. The number of phenols is 1. The highest BCUT2D eigenvalue weighted by molar-refractivity contribution is 5.83. The standard InChI is InChI=1S/C14H11F2NO/c15-12-6-5-10(13(16)7-12)8-17-9-11-3-1-2-4-14(11)18/h1-7,9,18H,8H2. The molecule has 0 radical (unpaired) electrons. The summed E-state index contributed by atoms with van der Waals surface area (Å²) in [6.45, 7) is 0.0977. The van der Waals surface area contributed by atoms with E-state index in [0.717, 1.165) is 6.07 Å². The van der Waals surface area contributed by atoms with Crippen molar-refractivity contribution in [1.29, 1.82) is 0 Å². The van der Waals surface area contributed by atoms with Crippen molar-refractivity contribution in [2.75, 3.05) is 0 Å². The molecule has 2 aromatic carbocycles. The zero-order valence-electron chi connectivity index (χ0n) is 9.48. The number of aromatic hydroxyl groups is 1. The molecule has 4 heteroatoms. The molecule has 0 aliphatic carbocycles. The zero-order valence-corrected chi connectivity index (χ0v) is 9.48. The van der Waals surface area contributed by atoms with Gasteiger partial charge in [0.1, 0.15) is 17.4 Å². The van der Waals surface area contributed by atoms with Crippen LogP contribution in [0.25, 0.3) is 0 Å². The lowest BCUT2D eigenvalue weighted by Gasteiger charge is -2.00. The van der Waals surface area contributed by atoms with Gasteiger partial charge in [0.25, 0.3) is 0 Å². The third-order valence-electron chi connectivity index (χ3n) is 2.44. The van der Waals surface area contributed by atoms with Crippen LogP contribution in [0.4, 0.5) is 8.78 Å². The second-order valence-corrected chi connectivity index (χ2v) is 3.76. The molecule has 0 fully saturated rings. The van der Waals surface area contributed by atoms with E-state index >= 15 is 0 Å². The maximum Gasteiger partial charge on any atom is 0.131 e. The van der Waals surface area contributed by atoms with E-state index < -0.39 is 11.6 Å². The first kappa shape index (κ1) is 12.2. The lowest BCUT2D eigenvalue weighted by Crippen LogP contribution is -1.90. The molecule has 2 aromatic rings. The van der Waals surface area contributed by atoms with Crippen molar-refractivity contribution in [3.8, 4) is 5.75 Å². The van der Waals surface area contributed by atoms with Crippen molar-refractivity contribution in [3.05, 3.63) is 65.2 Å². The summed E-state index contributed by atoms with van der Waals surface area (Å²) in [7, 11) is 0. The zero-order chi connectivity index (χ0) is 13.0. The Bertz CT molecular complexity index is 582. The molecule has 0 aromatic heterocycles. The van der Waals surface area contributed by atoms with E-state index in [9.17, 15) is 13.9 Å². The summed E-state index contributed by atoms with van der Waals surface area (Å²) < 4.78 is 26.0. The third kappa shape index (κ3) is 2.91. The summed E-state index contributed by atoms with van der Waals surface area (Å²) in [5.41, 5.74) is 0.864. The Labute approximate surface area is 103 Å². The van der Waals surface area contributed by atoms with Gasteiger partial charge in [-0.1, -0.05) is 18.2 Å². The largest absolute Gasteiger partial charge is 0.507 e. The Morgan fingerprint density at radius 2 is 1.89 bits per heavy atom. The highest BCUT2D eigenvalue weighted by Crippen LogP contribution is 2.14. The number of benzene rings is 2. The second-order valence-electron chi connectivity index (χ2n) is 3.76. The van der Waals surface area contributed by atoms with Crippen LogP contribution in [-0.2, 0) is 6.54 Å². The number of phenolic OH excluding ortho intramolecular Hbond substituents is 1. The van der Waals surface area contributed by atoms with Gasteiger partial charge >= 0.3 is 0 Å². The van der Waals surface area contributed by atoms with Gasteiger partial charge in [0.15, 0.2) is 0 Å². The van der Waals surface area contributed by atoms with Crippen molar-refractivity contribution in [3.63, 3.8) is 0 Å². The van der Waals surface area contributed by atoms with Gasteiger partial charge in [-0.3, -0.25) is 4.99 Å². The molecule has 0 aliphatic heterocycles. The maximum absolute atomic E-state index is 13.3. The summed E-state index contributed by atoms with van der Waals surface area (Å²) in [6, 6.07) is 10.1. The predicted molar refractivity (Wildman–Crippen MR) is 65.8 cm³/mol. The third-order valence-corrected chi connectivity index (χ3v) is 2.44. The van der Waals surface area contributed by atoms with Crippen molar-refractivity contribution >= 4 is 6.21 Å². The highest BCUT2D eigenvalue weighted by atomic mass is 19.1. The smallest absolute Gasteiger partial charge is 0.131 e. The first-order valence-electron chi connectivity index (χ1n) is 5.38. The summed E-state index contributed by atoms with van der Waals surface area (Å²) in [6.07, 6.45) is 1.46. The number of hydrogen-bond donors (Lipinski definition) is 1. The Balaban J connectivity index is 2.10. The number of para-hydroxylation sites is 1. The van der Waals surface area contributed by atoms with Crippen LogP contribution >= 0.6 is 0 Å². The average Bonchev–Trinajstić information content (AvgIpc) is 2.34. The molecule has 0 saturated carbocycles. The molecule has 0 aliphatic rings. The molecule has 2 nitrogen and oxygen atoms in total. The van der Waals surface area contributed by atoms with Crippen molar-refractivity contribution in [1.82, 2.24) is 0 Å². The van der Waals surface area contributed by atoms with Crippen LogP contribution in [0.5, 0.6) is 5.75 Å². The quantitative estimate of drug-likeness (QED) is 0.829. The lowest BCUT2D eigenvalue weighted by atomic mass is 10.2. The average molecular weight is 247 g/mol. The minimum Gasteiger partial charge on any atom is -0.507 e. The summed E-state index contributed by atoms with van der Waals surface area (Å²) in [5.74, 6) is -1.12. The fraction of sp³-hybridized carbons (Fsp3) is 0.0714. The van der Waals surface area contributed by atoms with Gasteiger partial charge in [-0.05, 0) is 18.2 Å². The van der Waals surface area contributed by atoms with Crippen LogP contribution in [0.2, 0.25) is 0 Å². The lowest BCUT2D eigenvalue weighted by molar-refractivity contribution is 0.474. The molecule has 1 N–H and O–H groups in total. The van der Waals surface area contributed by atoms with Gasteiger partial charge in [0, 0.05) is 23.4 Å². The van der Waals surface area contributed by atoms with Crippen molar-refractivity contribution in [2.45, 2.75) is 6.54 Å². The highest BCUT2D eigenvalue weighted by Gasteiger charge is 2.02. The Morgan fingerprint density at radius 3 is 2.61 bits per heavy atom. The normalized spacial score (nSPS) is 11.0. The maximum atomic E-state index is 13.3. The second kappa shape index (κ2) is 5.40. The number of halogens is 2. The van der Waals surface area contributed by atoms with E-state index in [1.807, 2.05) is 0 Å². The fourth-order valence-corrected chi connectivity index (χ4v) is 1.49. The fourth-order valence-electron chi connectivity index (χ4n) is 1.49. The molecule has 92 valence electrons. The number of aliphatic imine (C=N–C) groups is 1. The van der Waals surface area contributed by atoms with Crippen LogP contribution in [-0.4, -0.2) is 11.3 Å². The van der Waals surface area contributed by atoms with Crippen molar-refractivity contribution < 1.29 is 13.9 Å². The monoisotopic (exact) mass is 247 g/mol. The first-order valence-corrected chi connectivity index (χ1v) is 5.38. The van der Waals surface area contributed by atoms with Gasteiger partial charge < -0.3 is 5.11 Å². The van der Waals surface area contributed by atoms with E-state index in [-0.39, 0.29) is 12.3 Å². The predicted octanol–water partition coefficient (Wildman–Crippen LogP) is 3.29. The Morgan fingerprint density at radius 1 is 1.11 bits per heavy atom. The summed E-state index contributed by atoms with van der Waals surface area (Å²) in [4.78, 5) is 4.02. The van der Waals surface area contributed by atoms with Crippen LogP contribution < -0.4 is 0 Å². The van der Waals surface area contributed by atoms with Crippen LogP contribution in [0.1, 0.15) is 11.1 Å². The number of hydrogen-bond acceptors (Lipinski definition) is 2. The molecule has 0 spiro atoms. The molecule has 0 unspecified atom stereocenters. The first-order chi connectivity index (χ1) is 8.66. The summed E-state index contributed by atoms with van der Waals surface area (Å²) in [5, 5.41) is 9.48. The molecule has 0 saturated heterocycles. The van der Waals surface area contributed by atoms with E-state index in [0.29, 0.717) is 11.1 Å². The van der Waals surface area contributed by atoms with Crippen LogP contribution in [0, 0.1) is 11.6 Å². The van der Waals surface area contributed by atoms with Crippen LogP contribution in [0.3, 0.4) is 0 Å². The van der Waals surface area contributed by atoms with E-state index in [4.69, 9.17) is 0 Å². The molecular formula is C14H11F2NO. The minimum atomic E-state index is -0.621. The van der Waals surface area contributed by atoms with E-state index in [1.165, 1.54) is 18.3 Å². The number of rotatable bonds is 3. The molecule has 0 bridgehead atoms. The molecule has 0 heterocycles. The minimum absolute atomic E-state index is 0.0977. The van der Waals surface area contributed by atoms with E-state index in [1.54, 1.807) is 24.3 Å². The van der Waals surface area contributed by atoms with Crippen molar-refractivity contribution in [2.24, 2.45) is 4.99 Å². The molecule has 0 atom stereocenters.